The Kier molecular flexibility index (Phi) is 6.59. The molecule has 0 saturated heterocycles. The van der Waals surface area contributed by atoms with Crippen LogP contribution in [0.4, 0.5) is 0 Å². The second-order valence-electron chi connectivity index (χ2n) is 3.16. The number of nitrogens with one attached hydrogen (secondary N) is 1. The zero-order valence-electron chi connectivity index (χ0n) is 9.27. The van der Waals surface area contributed by atoms with Crippen LogP contribution in [0, 0.1) is 0 Å². The smallest absolute Gasteiger partial charge is 0.221 e. The van der Waals surface area contributed by atoms with Crippen molar-refractivity contribution in [1.29, 1.82) is 0 Å². The number of nitrogens with two attached hydrogens (primary N) is 1. The van der Waals surface area contributed by atoms with Crippen LogP contribution in [0.2, 0.25) is 0 Å². The van der Waals surface area contributed by atoms with E-state index < -0.39 is 10.0 Å². The molecule has 7 heteroatoms. The van der Waals surface area contributed by atoms with Gasteiger partial charge in [0.15, 0.2) is 0 Å². The maximum atomic E-state index is 11.2. The Morgan fingerprint density at radius 1 is 1.50 bits per heavy atom. The van der Waals surface area contributed by atoms with Gasteiger partial charge >= 0.3 is 0 Å². The van der Waals surface area contributed by atoms with Gasteiger partial charge in [0.2, 0.25) is 15.9 Å². The van der Waals surface area contributed by atoms with E-state index in [1.165, 1.54) is 0 Å². The lowest BCUT2D eigenvalue weighted by molar-refractivity contribution is -0.120. The minimum atomic E-state index is -3.57. The highest BCUT2D eigenvalue weighted by Crippen LogP contribution is 1.99. The van der Waals surface area contributed by atoms with E-state index in [9.17, 15) is 13.2 Å². The van der Waals surface area contributed by atoms with Crippen molar-refractivity contribution in [2.45, 2.75) is 19.8 Å². The quantitative estimate of drug-likeness (QED) is 0.608. The van der Waals surface area contributed by atoms with Crippen molar-refractivity contribution in [3.05, 3.63) is 11.8 Å². The fraction of sp³-hybridized carbons (Fsp3) is 0.556. The summed E-state index contributed by atoms with van der Waals surface area (Å²) >= 11 is 0. The molecule has 0 rings (SSSR count). The van der Waals surface area contributed by atoms with Gasteiger partial charge in [0, 0.05) is 25.1 Å². The average Bonchev–Trinajstić information content (AvgIpc) is 2.20. The molecule has 0 aromatic rings. The lowest BCUT2D eigenvalue weighted by Crippen LogP contribution is -2.28. The van der Waals surface area contributed by atoms with Gasteiger partial charge in [0.25, 0.3) is 0 Å². The number of carbonyl (C=O) groups is 1. The van der Waals surface area contributed by atoms with Crippen LogP contribution in [0.5, 0.6) is 0 Å². The number of carbonyl (C=O) groups excluding carboxylic acids is 1. The van der Waals surface area contributed by atoms with Crippen LogP contribution >= 0.6 is 0 Å². The summed E-state index contributed by atoms with van der Waals surface area (Å²) in [5, 5.41) is 7.33. The maximum absolute atomic E-state index is 11.2. The summed E-state index contributed by atoms with van der Waals surface area (Å²) in [6, 6.07) is 0. The van der Waals surface area contributed by atoms with Gasteiger partial charge in [-0.3, -0.25) is 9.79 Å². The number of amides is 1. The van der Waals surface area contributed by atoms with Crippen LogP contribution < -0.4 is 10.5 Å². The number of nitrogens with zero attached hydrogens (tertiary/aromatic N) is 1. The molecule has 0 spiro atoms. The summed E-state index contributed by atoms with van der Waals surface area (Å²) in [4.78, 5) is 14.9. The molecule has 3 N–H and O–H groups in total. The Morgan fingerprint density at radius 2 is 2.12 bits per heavy atom. The zero-order chi connectivity index (χ0) is 12.6. The third-order valence-electron chi connectivity index (χ3n) is 1.85. The molecule has 92 valence electrons. The van der Waals surface area contributed by atoms with Gasteiger partial charge < -0.3 is 5.32 Å². The summed E-state index contributed by atoms with van der Waals surface area (Å²) in [5.74, 6) is -0.678. The van der Waals surface area contributed by atoms with Gasteiger partial charge in [-0.25, -0.2) is 13.6 Å². The van der Waals surface area contributed by atoms with E-state index in [4.69, 9.17) is 5.14 Å². The number of primary sulfonamides is 1. The van der Waals surface area contributed by atoms with Crippen molar-refractivity contribution >= 4 is 22.6 Å². The topological polar surface area (TPSA) is 102 Å². The first-order valence-corrected chi connectivity index (χ1v) is 6.49. The lowest BCUT2D eigenvalue weighted by Gasteiger charge is -2.04. The molecule has 1 amide bonds. The Morgan fingerprint density at radius 3 is 2.56 bits per heavy atom. The highest BCUT2D eigenvalue weighted by Gasteiger charge is 2.07. The first kappa shape index (κ1) is 14.8. The Balaban J connectivity index is 3.79. The molecule has 0 atom stereocenters. The molecular weight excluding hydrogens is 230 g/mol. The van der Waals surface area contributed by atoms with Crippen LogP contribution in [0.15, 0.2) is 16.8 Å². The second kappa shape index (κ2) is 7.13. The van der Waals surface area contributed by atoms with Crippen LogP contribution in [-0.4, -0.2) is 33.3 Å². The van der Waals surface area contributed by atoms with E-state index >= 15 is 0 Å². The number of sulfonamides is 1. The molecule has 0 saturated carbocycles. The molecule has 0 aliphatic carbocycles. The minimum Gasteiger partial charge on any atom is -0.356 e. The average molecular weight is 247 g/mol. The number of aliphatic imine (C=N–C) groups is 1. The third-order valence-corrected chi connectivity index (χ3v) is 2.63. The molecule has 0 fully saturated rings. The molecule has 0 radical (unpaired) electrons. The third kappa shape index (κ3) is 8.13. The van der Waals surface area contributed by atoms with Gasteiger partial charge in [-0.15, -0.1) is 0 Å². The maximum Gasteiger partial charge on any atom is 0.221 e. The highest BCUT2D eigenvalue weighted by atomic mass is 32.2. The van der Waals surface area contributed by atoms with Crippen molar-refractivity contribution < 1.29 is 13.2 Å². The molecule has 0 aromatic heterocycles. The van der Waals surface area contributed by atoms with Gasteiger partial charge in [0.1, 0.15) is 0 Å². The van der Waals surface area contributed by atoms with E-state index in [1.807, 2.05) is 6.92 Å². The summed E-state index contributed by atoms with van der Waals surface area (Å²) in [7, 11) is -3.57. The summed E-state index contributed by atoms with van der Waals surface area (Å²) in [6.45, 7) is 5.60. The molecule has 16 heavy (non-hydrogen) atoms. The van der Waals surface area contributed by atoms with Crippen LogP contribution in [0.1, 0.15) is 19.8 Å². The van der Waals surface area contributed by atoms with Crippen LogP contribution in [0.3, 0.4) is 0 Å². The van der Waals surface area contributed by atoms with Crippen molar-refractivity contribution in [2.75, 3.05) is 12.3 Å². The van der Waals surface area contributed by atoms with Gasteiger partial charge in [-0.1, -0.05) is 6.08 Å². The predicted molar refractivity (Wildman–Crippen MR) is 63.5 cm³/mol. The fourth-order valence-electron chi connectivity index (χ4n) is 0.968. The predicted octanol–water partition coefficient (Wildman–Crippen LogP) is -0.224. The van der Waals surface area contributed by atoms with Gasteiger partial charge in [-0.05, 0) is 13.6 Å². The number of rotatable bonds is 7. The van der Waals surface area contributed by atoms with Crippen LogP contribution in [-0.2, 0) is 14.8 Å². The monoisotopic (exact) mass is 247 g/mol. The molecule has 0 unspecified atom stereocenters. The van der Waals surface area contributed by atoms with E-state index in [-0.39, 0.29) is 18.1 Å². The van der Waals surface area contributed by atoms with E-state index in [2.05, 4.69) is 17.0 Å². The van der Waals surface area contributed by atoms with Crippen molar-refractivity contribution in [3.63, 3.8) is 0 Å². The summed E-state index contributed by atoms with van der Waals surface area (Å²) in [5.41, 5.74) is 0.784. The van der Waals surface area contributed by atoms with E-state index in [1.54, 1.807) is 6.08 Å². The standard InChI is InChI=1S/C9H17N3O3S/c1-3-8(11-2)4-6-12-9(13)5-7-16(10,14)15/h3H,2,4-7H2,1H3,(H,12,13)(H2,10,14,15)/b8-3-. The van der Waals surface area contributed by atoms with Crippen molar-refractivity contribution in [2.24, 2.45) is 10.1 Å². The molecule has 0 heterocycles. The fourth-order valence-corrected chi connectivity index (χ4v) is 1.44. The van der Waals surface area contributed by atoms with Crippen molar-refractivity contribution in [1.82, 2.24) is 5.32 Å². The molecule has 6 nitrogen and oxygen atoms in total. The molecule has 0 aliphatic heterocycles. The normalized spacial score (nSPS) is 12.2. The zero-order valence-corrected chi connectivity index (χ0v) is 10.1. The van der Waals surface area contributed by atoms with Crippen molar-refractivity contribution in [3.8, 4) is 0 Å². The number of hydrogen-bond acceptors (Lipinski definition) is 4. The van der Waals surface area contributed by atoms with E-state index in [0.717, 1.165) is 5.70 Å². The largest absolute Gasteiger partial charge is 0.356 e. The number of hydrogen-bond donors (Lipinski definition) is 2. The highest BCUT2D eigenvalue weighted by molar-refractivity contribution is 7.89. The Hall–Kier alpha value is -1.21. The Bertz CT molecular complexity index is 373. The summed E-state index contributed by atoms with van der Waals surface area (Å²) in [6.07, 6.45) is 2.25. The SMILES string of the molecule is C=N/C(=C\C)CCNC(=O)CCS(N)(=O)=O. The molecule has 0 aliphatic rings. The first-order valence-electron chi connectivity index (χ1n) is 4.78. The first-order chi connectivity index (χ1) is 7.39. The molecule has 0 aromatic carbocycles. The summed E-state index contributed by atoms with van der Waals surface area (Å²) < 4.78 is 21.2. The van der Waals surface area contributed by atoms with Gasteiger partial charge in [0.05, 0.1) is 5.75 Å². The minimum absolute atomic E-state index is 0.120. The van der Waals surface area contributed by atoms with E-state index in [0.29, 0.717) is 13.0 Å². The lowest BCUT2D eigenvalue weighted by atomic mass is 10.3. The van der Waals surface area contributed by atoms with Gasteiger partial charge in [-0.2, -0.15) is 0 Å². The molecule has 0 bridgehead atoms. The molecular formula is C9H17N3O3S. The number of allylic oxidation sites excluding steroid dienone is 1. The van der Waals surface area contributed by atoms with Crippen LogP contribution in [0.25, 0.3) is 0 Å². The Labute approximate surface area is 95.7 Å². The second-order valence-corrected chi connectivity index (χ2v) is 4.89.